The van der Waals surface area contributed by atoms with Gasteiger partial charge in [-0.2, -0.15) is 0 Å². The Hall–Kier alpha value is -0.930. The monoisotopic (exact) mass is 350 g/mol. The van der Waals surface area contributed by atoms with Crippen molar-refractivity contribution in [3.8, 4) is 21.3 Å². The Morgan fingerprint density at radius 3 is 2.88 bits per heavy atom. The normalized spacial score (nSPS) is 9.44. The number of carbonyl (C=O) groups excluding carboxylic acids is 1. The molecule has 0 amide bonds. The fourth-order valence-electron chi connectivity index (χ4n) is 0.821. The molecule has 0 unspecified atom stereocenters. The Bertz CT molecular complexity index is 448. The van der Waals surface area contributed by atoms with Gasteiger partial charge in [0, 0.05) is 29.5 Å². The molecule has 1 aromatic rings. The first-order valence-corrected chi connectivity index (χ1v) is 5.79. The molecule has 16 heavy (non-hydrogen) atoms. The molecule has 0 N–H and O–H groups in total. The Balaban J connectivity index is 0.000000160. The molecule has 0 bridgehead atoms. The maximum Gasteiger partial charge on any atom is 0.303 e. The molecule has 0 spiro atoms. The average molecular weight is 351 g/mol. The van der Waals surface area contributed by atoms with Crippen molar-refractivity contribution in [1.29, 1.82) is 0 Å². The molecule has 0 saturated heterocycles. The van der Waals surface area contributed by atoms with Crippen molar-refractivity contribution < 1.29 is 14.3 Å². The van der Waals surface area contributed by atoms with Crippen LogP contribution in [0.5, 0.6) is 11.5 Å². The van der Waals surface area contributed by atoms with E-state index in [0.717, 1.165) is 11.5 Å². The smallest absolute Gasteiger partial charge is 0.303 e. The number of rotatable bonds is 1. The van der Waals surface area contributed by atoms with Crippen LogP contribution in [0, 0.1) is 9.85 Å². The Morgan fingerprint density at radius 2 is 2.38 bits per heavy atom. The summed E-state index contributed by atoms with van der Waals surface area (Å²) in [5.41, 5.74) is 0. The molecular formula is C11H8ClIO3. The van der Waals surface area contributed by atoms with Crippen LogP contribution >= 0.6 is 34.2 Å². The molecule has 0 radical (unpaired) electrons. The SMILES string of the molecule is CC(=O)OCC#CI.Clc1cccc2c1O2. The summed E-state index contributed by atoms with van der Waals surface area (Å²) < 4.78 is 12.0. The van der Waals surface area contributed by atoms with Gasteiger partial charge in [0.15, 0.2) is 18.1 Å². The molecule has 0 saturated carbocycles. The largest absolute Gasteiger partial charge is 0.453 e. The molecule has 84 valence electrons. The summed E-state index contributed by atoms with van der Waals surface area (Å²) in [5.74, 6) is 4.04. The van der Waals surface area contributed by atoms with Gasteiger partial charge in [-0.15, -0.1) is 0 Å². The minimum absolute atomic E-state index is 0.207. The molecule has 0 aliphatic carbocycles. The molecule has 3 nitrogen and oxygen atoms in total. The number of ether oxygens (including phenoxy) is 2. The van der Waals surface area contributed by atoms with Gasteiger partial charge >= 0.3 is 5.97 Å². The van der Waals surface area contributed by atoms with E-state index in [4.69, 9.17) is 16.3 Å². The number of carbonyl (C=O) groups is 1. The number of hydrogen-bond donors (Lipinski definition) is 0. The average Bonchev–Trinajstić information content (AvgIpc) is 2.99. The third-order valence-corrected chi connectivity index (χ3v) is 2.19. The first-order valence-electron chi connectivity index (χ1n) is 4.33. The van der Waals surface area contributed by atoms with Crippen LogP contribution in [0.2, 0.25) is 5.02 Å². The zero-order valence-corrected chi connectivity index (χ0v) is 11.3. The van der Waals surface area contributed by atoms with Crippen LogP contribution in [0.3, 0.4) is 0 Å². The van der Waals surface area contributed by atoms with Crippen LogP contribution in [0.15, 0.2) is 18.2 Å². The minimum atomic E-state index is -0.288. The maximum atomic E-state index is 10.0. The number of benzene rings is 1. The Kier molecular flexibility index (Phi) is 5.43. The molecule has 2 rings (SSSR count). The van der Waals surface area contributed by atoms with Crippen molar-refractivity contribution in [3.05, 3.63) is 23.2 Å². The van der Waals surface area contributed by atoms with Crippen LogP contribution in [0.25, 0.3) is 0 Å². The van der Waals surface area contributed by atoms with Crippen molar-refractivity contribution in [2.24, 2.45) is 0 Å². The van der Waals surface area contributed by atoms with E-state index in [1.807, 2.05) is 40.8 Å². The predicted octanol–water partition coefficient (Wildman–Crippen LogP) is 3.39. The van der Waals surface area contributed by atoms with Crippen LogP contribution < -0.4 is 4.74 Å². The van der Waals surface area contributed by atoms with Crippen molar-refractivity contribution >= 4 is 40.2 Å². The third kappa shape index (κ3) is 4.73. The summed E-state index contributed by atoms with van der Waals surface area (Å²) in [6, 6.07) is 5.57. The highest BCUT2D eigenvalue weighted by Crippen LogP contribution is 2.49. The van der Waals surface area contributed by atoms with Gasteiger partial charge in [-0.05, 0) is 16.1 Å². The van der Waals surface area contributed by atoms with Crippen LogP contribution in [0.1, 0.15) is 6.92 Å². The number of esters is 1. The zero-order chi connectivity index (χ0) is 12.0. The second kappa shape index (κ2) is 6.61. The van der Waals surface area contributed by atoms with E-state index in [1.165, 1.54) is 6.92 Å². The molecule has 1 aliphatic rings. The van der Waals surface area contributed by atoms with Crippen LogP contribution in [-0.4, -0.2) is 12.6 Å². The van der Waals surface area contributed by atoms with Gasteiger partial charge in [0.2, 0.25) is 0 Å². The van der Waals surface area contributed by atoms with E-state index < -0.39 is 0 Å². The standard InChI is InChI=1S/C6H3ClO.C5H5IO2/c7-4-2-1-3-5-6(4)8-5;1-5(7)8-4-2-3-6/h1-3H;4H2,1H3. The van der Waals surface area contributed by atoms with E-state index in [0.29, 0.717) is 5.02 Å². The van der Waals surface area contributed by atoms with Crippen LogP contribution in [-0.2, 0) is 9.53 Å². The summed E-state index contributed by atoms with van der Waals surface area (Å²) in [4.78, 5) is 10.0. The molecule has 1 aliphatic heterocycles. The van der Waals surface area contributed by atoms with Gasteiger partial charge < -0.3 is 9.47 Å². The van der Waals surface area contributed by atoms with Gasteiger partial charge in [-0.25, -0.2) is 0 Å². The van der Waals surface area contributed by atoms with E-state index in [1.54, 1.807) is 0 Å². The first-order chi connectivity index (χ1) is 7.65. The van der Waals surface area contributed by atoms with Crippen molar-refractivity contribution in [2.45, 2.75) is 6.92 Å². The predicted molar refractivity (Wildman–Crippen MR) is 70.0 cm³/mol. The fraction of sp³-hybridized carbons (Fsp3) is 0.182. The van der Waals surface area contributed by atoms with Crippen LogP contribution in [0.4, 0.5) is 0 Å². The molecule has 0 aromatic heterocycles. The quantitative estimate of drug-likeness (QED) is 0.342. The van der Waals surface area contributed by atoms with E-state index in [9.17, 15) is 4.79 Å². The minimum Gasteiger partial charge on any atom is -0.453 e. The van der Waals surface area contributed by atoms with Crippen molar-refractivity contribution in [1.82, 2.24) is 0 Å². The second-order valence-electron chi connectivity index (χ2n) is 2.72. The molecule has 1 aromatic carbocycles. The molecule has 0 atom stereocenters. The number of para-hydroxylation sites is 1. The number of hydrogen-bond acceptors (Lipinski definition) is 3. The molecule has 5 heteroatoms. The highest BCUT2D eigenvalue weighted by Gasteiger charge is 2.21. The highest BCUT2D eigenvalue weighted by molar-refractivity contribution is 14.1. The Labute approximate surface area is 112 Å². The summed E-state index contributed by atoms with van der Waals surface area (Å²) in [6.07, 6.45) is 0. The zero-order valence-electron chi connectivity index (χ0n) is 8.42. The molecule has 1 heterocycles. The van der Waals surface area contributed by atoms with Gasteiger partial charge in [-0.3, -0.25) is 4.79 Å². The summed E-state index contributed by atoms with van der Waals surface area (Å²) >= 11 is 7.52. The van der Waals surface area contributed by atoms with Crippen molar-refractivity contribution in [3.63, 3.8) is 0 Å². The lowest BCUT2D eigenvalue weighted by atomic mass is 10.4. The van der Waals surface area contributed by atoms with E-state index in [-0.39, 0.29) is 12.6 Å². The van der Waals surface area contributed by atoms with E-state index >= 15 is 0 Å². The first kappa shape index (κ1) is 13.1. The number of halogens is 2. The summed E-state index contributed by atoms with van der Waals surface area (Å²) in [5, 5.41) is 0.711. The van der Waals surface area contributed by atoms with Gasteiger partial charge in [0.25, 0.3) is 0 Å². The summed E-state index contributed by atoms with van der Waals surface area (Å²) in [7, 11) is 0. The topological polar surface area (TPSA) is 38.8 Å². The maximum absolute atomic E-state index is 10.0. The summed E-state index contributed by atoms with van der Waals surface area (Å²) in [6.45, 7) is 1.56. The lowest BCUT2D eigenvalue weighted by Gasteiger charge is -1.89. The lowest BCUT2D eigenvalue weighted by Crippen LogP contribution is -1.97. The van der Waals surface area contributed by atoms with Gasteiger partial charge in [0.05, 0.1) is 5.02 Å². The fourth-order valence-corrected chi connectivity index (χ4v) is 1.18. The van der Waals surface area contributed by atoms with E-state index in [2.05, 4.69) is 14.6 Å². The second-order valence-corrected chi connectivity index (χ2v) is 3.67. The third-order valence-electron chi connectivity index (χ3n) is 1.52. The highest BCUT2D eigenvalue weighted by atomic mass is 127. The Morgan fingerprint density at radius 1 is 1.62 bits per heavy atom. The van der Waals surface area contributed by atoms with Gasteiger partial charge in [0.1, 0.15) is 0 Å². The lowest BCUT2D eigenvalue weighted by molar-refractivity contribution is -0.139. The molecule has 0 fully saturated rings. The van der Waals surface area contributed by atoms with Crippen molar-refractivity contribution in [2.75, 3.05) is 6.61 Å². The van der Waals surface area contributed by atoms with Gasteiger partial charge in [-0.1, -0.05) is 23.6 Å². The number of fused-ring (bicyclic) bond motifs is 1. The molecular weight excluding hydrogens is 342 g/mol.